The molecule has 2 aromatic rings. The lowest BCUT2D eigenvalue weighted by molar-refractivity contribution is 0.0527. The maximum Gasteiger partial charge on any atom is 0.317 e. The Hall–Kier alpha value is -1.72. The average molecular weight is 325 g/mol. The molecule has 0 saturated carbocycles. The molecule has 6 heteroatoms. The SMILES string of the molecule is C[C@@H](NC(=O)N(C)CC(C)(C)O)c1cc2cc(Cl)ccc2o1. The van der Waals surface area contributed by atoms with Gasteiger partial charge in [0.05, 0.1) is 18.2 Å². The first-order valence-electron chi connectivity index (χ1n) is 7.09. The number of furan rings is 1. The molecule has 0 bridgehead atoms. The smallest absolute Gasteiger partial charge is 0.317 e. The molecular formula is C16H21ClN2O3. The molecule has 0 fully saturated rings. The summed E-state index contributed by atoms with van der Waals surface area (Å²) in [7, 11) is 1.64. The third kappa shape index (κ3) is 4.15. The maximum atomic E-state index is 12.1. The predicted octanol–water partition coefficient (Wildman–Crippen LogP) is 3.56. The summed E-state index contributed by atoms with van der Waals surface area (Å²) in [5.74, 6) is 0.655. The minimum atomic E-state index is -0.939. The highest BCUT2D eigenvalue weighted by Crippen LogP contribution is 2.26. The van der Waals surface area contributed by atoms with E-state index in [1.807, 2.05) is 19.1 Å². The summed E-state index contributed by atoms with van der Waals surface area (Å²) < 4.78 is 5.73. The van der Waals surface area contributed by atoms with Crippen molar-refractivity contribution in [1.82, 2.24) is 10.2 Å². The minimum Gasteiger partial charge on any atom is -0.459 e. The van der Waals surface area contributed by atoms with Crippen LogP contribution in [0, 0.1) is 0 Å². The highest BCUT2D eigenvalue weighted by molar-refractivity contribution is 6.31. The first-order valence-corrected chi connectivity index (χ1v) is 7.46. The van der Waals surface area contributed by atoms with Gasteiger partial charge in [0.1, 0.15) is 11.3 Å². The Balaban J connectivity index is 2.07. The van der Waals surface area contributed by atoms with E-state index in [1.165, 1.54) is 4.90 Å². The Kier molecular flexibility index (Phi) is 4.68. The molecule has 120 valence electrons. The van der Waals surface area contributed by atoms with E-state index in [-0.39, 0.29) is 18.6 Å². The number of rotatable bonds is 4. The number of hydrogen-bond donors (Lipinski definition) is 2. The molecular weight excluding hydrogens is 304 g/mol. The van der Waals surface area contributed by atoms with E-state index >= 15 is 0 Å². The van der Waals surface area contributed by atoms with Crippen molar-refractivity contribution in [3.63, 3.8) is 0 Å². The van der Waals surface area contributed by atoms with Crippen molar-refractivity contribution in [3.05, 3.63) is 35.0 Å². The fourth-order valence-corrected chi connectivity index (χ4v) is 2.45. The van der Waals surface area contributed by atoms with E-state index in [0.29, 0.717) is 10.8 Å². The summed E-state index contributed by atoms with van der Waals surface area (Å²) in [6.07, 6.45) is 0. The quantitative estimate of drug-likeness (QED) is 0.903. The lowest BCUT2D eigenvalue weighted by atomic mass is 10.1. The number of urea groups is 1. The van der Waals surface area contributed by atoms with Gasteiger partial charge in [-0.3, -0.25) is 0 Å². The van der Waals surface area contributed by atoms with E-state index in [1.54, 1.807) is 33.0 Å². The number of likely N-dealkylation sites (N-methyl/N-ethyl adjacent to an activating group) is 1. The normalized spacial score (nSPS) is 13.2. The highest BCUT2D eigenvalue weighted by atomic mass is 35.5. The van der Waals surface area contributed by atoms with Crippen molar-refractivity contribution in [1.29, 1.82) is 0 Å². The fourth-order valence-electron chi connectivity index (χ4n) is 2.27. The van der Waals surface area contributed by atoms with E-state index in [0.717, 1.165) is 11.0 Å². The topological polar surface area (TPSA) is 65.7 Å². The number of aliphatic hydroxyl groups is 1. The Morgan fingerprint density at radius 2 is 2.14 bits per heavy atom. The number of carbonyl (C=O) groups excluding carboxylic acids is 1. The van der Waals surface area contributed by atoms with Gasteiger partial charge in [-0.05, 0) is 45.0 Å². The first-order chi connectivity index (χ1) is 10.2. The van der Waals surface area contributed by atoms with Crippen LogP contribution in [0.3, 0.4) is 0 Å². The van der Waals surface area contributed by atoms with E-state index in [9.17, 15) is 9.90 Å². The molecule has 1 aromatic carbocycles. The zero-order valence-corrected chi connectivity index (χ0v) is 13.9. The maximum absolute atomic E-state index is 12.1. The monoisotopic (exact) mass is 324 g/mol. The average Bonchev–Trinajstić information content (AvgIpc) is 2.79. The number of nitrogens with one attached hydrogen (secondary N) is 1. The zero-order valence-electron chi connectivity index (χ0n) is 13.2. The van der Waals surface area contributed by atoms with Crippen LogP contribution in [0.2, 0.25) is 5.02 Å². The zero-order chi connectivity index (χ0) is 16.5. The van der Waals surface area contributed by atoms with Gasteiger partial charge >= 0.3 is 6.03 Å². The number of benzene rings is 1. The second kappa shape index (κ2) is 6.18. The van der Waals surface area contributed by atoms with Gasteiger partial charge in [-0.2, -0.15) is 0 Å². The van der Waals surface area contributed by atoms with Gasteiger partial charge in [-0.1, -0.05) is 11.6 Å². The van der Waals surface area contributed by atoms with E-state index < -0.39 is 5.60 Å². The van der Waals surface area contributed by atoms with Crippen LogP contribution in [0.4, 0.5) is 4.79 Å². The molecule has 0 spiro atoms. The molecule has 2 rings (SSSR count). The van der Waals surface area contributed by atoms with Gasteiger partial charge in [-0.15, -0.1) is 0 Å². The van der Waals surface area contributed by atoms with Crippen LogP contribution in [0.1, 0.15) is 32.6 Å². The molecule has 1 heterocycles. The summed E-state index contributed by atoms with van der Waals surface area (Å²) >= 11 is 5.95. The van der Waals surface area contributed by atoms with Crippen molar-refractivity contribution >= 4 is 28.6 Å². The summed E-state index contributed by atoms with van der Waals surface area (Å²) in [6.45, 7) is 5.39. The fraction of sp³-hybridized carbons (Fsp3) is 0.438. The summed E-state index contributed by atoms with van der Waals surface area (Å²) in [5, 5.41) is 14.1. The van der Waals surface area contributed by atoms with Gasteiger partial charge in [0, 0.05) is 17.5 Å². The third-order valence-corrected chi connectivity index (χ3v) is 3.47. The van der Waals surface area contributed by atoms with Crippen LogP contribution in [0.5, 0.6) is 0 Å². The van der Waals surface area contributed by atoms with Crippen molar-refractivity contribution in [2.75, 3.05) is 13.6 Å². The molecule has 1 aromatic heterocycles. The van der Waals surface area contributed by atoms with Crippen LogP contribution in [-0.4, -0.2) is 35.2 Å². The van der Waals surface area contributed by atoms with Crippen LogP contribution < -0.4 is 5.32 Å². The lowest BCUT2D eigenvalue weighted by Gasteiger charge is -2.26. The molecule has 22 heavy (non-hydrogen) atoms. The van der Waals surface area contributed by atoms with Crippen molar-refractivity contribution in [3.8, 4) is 0 Å². The standard InChI is InChI=1S/C16H21ClN2O3/c1-10(18-15(20)19(4)9-16(2,3)21)14-8-11-7-12(17)5-6-13(11)22-14/h5-8,10,21H,9H2,1-4H3,(H,18,20)/t10-/m1/s1. The molecule has 0 radical (unpaired) electrons. The predicted molar refractivity (Wildman–Crippen MR) is 87.1 cm³/mol. The number of carbonyl (C=O) groups is 1. The Morgan fingerprint density at radius 1 is 1.45 bits per heavy atom. The van der Waals surface area contributed by atoms with Gasteiger partial charge in [0.15, 0.2) is 0 Å². The number of amides is 2. The van der Waals surface area contributed by atoms with E-state index in [4.69, 9.17) is 16.0 Å². The van der Waals surface area contributed by atoms with Crippen LogP contribution in [0.25, 0.3) is 11.0 Å². The van der Waals surface area contributed by atoms with E-state index in [2.05, 4.69) is 5.32 Å². The second-order valence-electron chi connectivity index (χ2n) is 6.17. The first kappa shape index (κ1) is 16.6. The Labute approximate surface area is 134 Å². The number of hydrogen-bond acceptors (Lipinski definition) is 3. The van der Waals surface area contributed by atoms with Crippen molar-refractivity contribution in [2.24, 2.45) is 0 Å². The summed E-state index contributed by atoms with van der Waals surface area (Å²) in [5.41, 5.74) is -0.212. The minimum absolute atomic E-state index is 0.237. The summed E-state index contributed by atoms with van der Waals surface area (Å²) in [6, 6.07) is 6.69. The Morgan fingerprint density at radius 3 is 2.77 bits per heavy atom. The molecule has 5 nitrogen and oxygen atoms in total. The molecule has 0 unspecified atom stereocenters. The number of nitrogens with zero attached hydrogens (tertiary/aromatic N) is 1. The number of fused-ring (bicyclic) bond motifs is 1. The molecule has 0 aliphatic carbocycles. The van der Waals surface area contributed by atoms with Crippen LogP contribution in [0.15, 0.2) is 28.7 Å². The molecule has 2 N–H and O–H groups in total. The Bertz CT molecular complexity index is 676. The van der Waals surface area contributed by atoms with Gasteiger partial charge in [0.25, 0.3) is 0 Å². The van der Waals surface area contributed by atoms with Crippen molar-refractivity contribution in [2.45, 2.75) is 32.4 Å². The van der Waals surface area contributed by atoms with Crippen LogP contribution in [-0.2, 0) is 0 Å². The van der Waals surface area contributed by atoms with Gasteiger partial charge in [-0.25, -0.2) is 4.79 Å². The van der Waals surface area contributed by atoms with Crippen LogP contribution >= 0.6 is 11.6 Å². The summed E-state index contributed by atoms with van der Waals surface area (Å²) in [4.78, 5) is 13.6. The van der Waals surface area contributed by atoms with Gasteiger partial charge in [0.2, 0.25) is 0 Å². The highest BCUT2D eigenvalue weighted by Gasteiger charge is 2.21. The molecule has 0 aliphatic rings. The third-order valence-electron chi connectivity index (χ3n) is 3.23. The number of halogens is 1. The molecule has 0 saturated heterocycles. The lowest BCUT2D eigenvalue weighted by Crippen LogP contribution is -2.45. The largest absolute Gasteiger partial charge is 0.459 e. The molecule has 2 amide bonds. The second-order valence-corrected chi connectivity index (χ2v) is 6.61. The van der Waals surface area contributed by atoms with Gasteiger partial charge < -0.3 is 19.7 Å². The van der Waals surface area contributed by atoms with Crippen molar-refractivity contribution < 1.29 is 14.3 Å². The molecule has 1 atom stereocenters. The molecule has 0 aliphatic heterocycles.